The maximum Gasteiger partial charge on any atom is 0.137 e. The van der Waals surface area contributed by atoms with Gasteiger partial charge < -0.3 is 10.6 Å². The average Bonchev–Trinajstić information content (AvgIpc) is 3.28. The molecule has 37 heavy (non-hydrogen) atoms. The molecule has 1 aromatic carbocycles. The smallest absolute Gasteiger partial charge is 0.137 e. The number of nitriles is 1. The first kappa shape index (κ1) is 23.3. The summed E-state index contributed by atoms with van der Waals surface area (Å²) < 4.78 is 2.06. The molecular formula is C28H31N9. The SMILES string of the molecule is Cc1ncccc1C(Nc1cc(C#N)c2ncnc(NCC(C)(C)C)c2c1)c1cn(C23CC(C2)C3)nn1. The van der Waals surface area contributed by atoms with E-state index in [0.717, 1.165) is 40.5 Å². The van der Waals surface area contributed by atoms with Crippen molar-refractivity contribution in [3.8, 4) is 6.07 Å². The van der Waals surface area contributed by atoms with Gasteiger partial charge in [0.2, 0.25) is 0 Å². The third-order valence-electron chi connectivity index (χ3n) is 7.61. The van der Waals surface area contributed by atoms with Crippen LogP contribution in [0.4, 0.5) is 11.5 Å². The zero-order valence-electron chi connectivity index (χ0n) is 21.7. The predicted octanol–water partition coefficient (Wildman–Crippen LogP) is 4.96. The van der Waals surface area contributed by atoms with Gasteiger partial charge in [0, 0.05) is 35.1 Å². The number of rotatable bonds is 7. The van der Waals surface area contributed by atoms with Crippen LogP contribution >= 0.6 is 0 Å². The van der Waals surface area contributed by atoms with E-state index >= 15 is 0 Å². The molecule has 3 aliphatic carbocycles. The lowest BCUT2D eigenvalue weighted by atomic mass is 9.50. The first-order chi connectivity index (χ1) is 17.7. The Morgan fingerprint density at radius 2 is 2.00 bits per heavy atom. The number of pyridine rings is 1. The third kappa shape index (κ3) is 4.16. The molecule has 0 aliphatic heterocycles. The molecule has 3 fully saturated rings. The van der Waals surface area contributed by atoms with Crippen molar-refractivity contribution in [1.82, 2.24) is 29.9 Å². The van der Waals surface area contributed by atoms with Crippen LogP contribution in [0.25, 0.3) is 10.9 Å². The largest absolute Gasteiger partial charge is 0.373 e. The van der Waals surface area contributed by atoms with Crippen molar-refractivity contribution in [3.05, 3.63) is 65.5 Å². The molecule has 0 amide bonds. The first-order valence-electron chi connectivity index (χ1n) is 12.8. The lowest BCUT2D eigenvalue weighted by Gasteiger charge is -2.61. The fourth-order valence-electron chi connectivity index (χ4n) is 5.46. The van der Waals surface area contributed by atoms with Crippen molar-refractivity contribution in [2.45, 2.75) is 58.5 Å². The fraction of sp³-hybridized carbons (Fsp3) is 0.429. The molecule has 3 heterocycles. The Labute approximate surface area is 216 Å². The van der Waals surface area contributed by atoms with Gasteiger partial charge >= 0.3 is 0 Å². The highest BCUT2D eigenvalue weighted by Gasteiger charge is 2.58. The van der Waals surface area contributed by atoms with E-state index in [1.165, 1.54) is 25.6 Å². The van der Waals surface area contributed by atoms with E-state index in [4.69, 9.17) is 0 Å². The number of aryl methyl sites for hydroxylation is 1. The predicted molar refractivity (Wildman–Crippen MR) is 142 cm³/mol. The van der Waals surface area contributed by atoms with Crippen LogP contribution in [-0.2, 0) is 5.54 Å². The molecule has 7 rings (SSSR count). The quantitative estimate of drug-likeness (QED) is 0.371. The van der Waals surface area contributed by atoms with Crippen LogP contribution in [-0.4, -0.2) is 36.5 Å². The van der Waals surface area contributed by atoms with Crippen molar-refractivity contribution in [3.63, 3.8) is 0 Å². The second-order valence-corrected chi connectivity index (χ2v) is 11.7. The zero-order chi connectivity index (χ0) is 25.8. The van der Waals surface area contributed by atoms with Crippen molar-refractivity contribution in [2.75, 3.05) is 17.2 Å². The summed E-state index contributed by atoms with van der Waals surface area (Å²) in [6.45, 7) is 9.23. The molecule has 0 radical (unpaired) electrons. The van der Waals surface area contributed by atoms with Gasteiger partial charge in [-0.25, -0.2) is 14.6 Å². The summed E-state index contributed by atoms with van der Waals surface area (Å²) in [5.41, 5.74) is 4.88. The standard InChI is InChI=1S/C28H31N9/c1-17-21(6-5-7-30-17)25(23-14-37(36-35-23)28-10-18(11-28)12-28)34-20-8-19(13-29)24-22(9-20)26(33-16-32-24)31-15-27(2,3)4/h5-9,14,16,18,25,34H,10-12,15H2,1-4H3,(H,31,32,33). The van der Waals surface area contributed by atoms with Gasteiger partial charge in [-0.1, -0.05) is 32.1 Å². The molecule has 3 aromatic heterocycles. The van der Waals surface area contributed by atoms with E-state index in [9.17, 15) is 5.26 Å². The molecule has 3 saturated carbocycles. The van der Waals surface area contributed by atoms with Gasteiger partial charge in [0.05, 0.1) is 28.9 Å². The molecule has 9 heteroatoms. The molecule has 0 saturated heterocycles. The molecule has 2 N–H and O–H groups in total. The lowest BCUT2D eigenvalue weighted by Crippen LogP contribution is -2.59. The van der Waals surface area contributed by atoms with Crippen molar-refractivity contribution >= 4 is 22.4 Å². The molecule has 4 aromatic rings. The summed E-state index contributed by atoms with van der Waals surface area (Å²) >= 11 is 0. The van der Waals surface area contributed by atoms with Crippen LogP contribution in [0, 0.1) is 29.6 Å². The highest BCUT2D eigenvalue weighted by atomic mass is 15.5. The topological polar surface area (TPSA) is 117 Å². The van der Waals surface area contributed by atoms with Gasteiger partial charge in [0.1, 0.15) is 23.9 Å². The summed E-state index contributed by atoms with van der Waals surface area (Å²) in [6.07, 6.45) is 8.96. The minimum Gasteiger partial charge on any atom is -0.373 e. The Kier molecular flexibility index (Phi) is 5.37. The minimum absolute atomic E-state index is 0.0698. The summed E-state index contributed by atoms with van der Waals surface area (Å²) in [4.78, 5) is 13.4. The summed E-state index contributed by atoms with van der Waals surface area (Å²) in [5, 5.41) is 27.0. The Bertz CT molecular complexity index is 1510. The van der Waals surface area contributed by atoms with Crippen LogP contribution < -0.4 is 10.6 Å². The lowest BCUT2D eigenvalue weighted by molar-refractivity contribution is -0.0989. The molecule has 188 valence electrons. The molecular weight excluding hydrogens is 462 g/mol. The maximum atomic E-state index is 9.96. The van der Waals surface area contributed by atoms with Gasteiger partial charge in [-0.05, 0) is 55.7 Å². The van der Waals surface area contributed by atoms with Gasteiger partial charge in [-0.3, -0.25) is 4.98 Å². The Morgan fingerprint density at radius 3 is 2.68 bits per heavy atom. The average molecular weight is 494 g/mol. The van der Waals surface area contributed by atoms with E-state index in [-0.39, 0.29) is 17.0 Å². The Hall–Kier alpha value is -4.06. The number of nitrogens with one attached hydrogen (secondary N) is 2. The van der Waals surface area contributed by atoms with Crippen LogP contribution in [0.5, 0.6) is 0 Å². The highest BCUT2D eigenvalue weighted by molar-refractivity contribution is 5.95. The molecule has 0 spiro atoms. The highest BCUT2D eigenvalue weighted by Crippen LogP contribution is 2.62. The monoisotopic (exact) mass is 493 g/mol. The van der Waals surface area contributed by atoms with E-state index in [1.54, 1.807) is 6.20 Å². The van der Waals surface area contributed by atoms with Gasteiger partial charge in [-0.2, -0.15) is 5.26 Å². The van der Waals surface area contributed by atoms with Crippen LogP contribution in [0.3, 0.4) is 0 Å². The first-order valence-corrected chi connectivity index (χ1v) is 12.8. The second kappa shape index (κ2) is 8.51. The van der Waals surface area contributed by atoms with Crippen LogP contribution in [0.1, 0.15) is 68.6 Å². The molecule has 9 nitrogen and oxygen atoms in total. The Morgan fingerprint density at radius 1 is 1.19 bits per heavy atom. The van der Waals surface area contributed by atoms with Crippen molar-refractivity contribution in [2.24, 2.45) is 11.3 Å². The Balaban J connectivity index is 1.41. The minimum atomic E-state index is -0.283. The van der Waals surface area contributed by atoms with E-state index in [2.05, 4.69) is 79.7 Å². The van der Waals surface area contributed by atoms with E-state index in [0.29, 0.717) is 16.9 Å². The molecule has 3 aliphatic rings. The maximum absolute atomic E-state index is 9.96. The molecule has 2 bridgehead atoms. The number of nitrogens with zero attached hydrogens (tertiary/aromatic N) is 7. The van der Waals surface area contributed by atoms with Gasteiger partial charge in [0.25, 0.3) is 0 Å². The second-order valence-electron chi connectivity index (χ2n) is 11.7. The number of hydrogen-bond donors (Lipinski definition) is 2. The third-order valence-corrected chi connectivity index (χ3v) is 7.61. The number of fused-ring (bicyclic) bond motifs is 1. The molecule has 1 atom stereocenters. The van der Waals surface area contributed by atoms with Crippen molar-refractivity contribution < 1.29 is 0 Å². The zero-order valence-corrected chi connectivity index (χ0v) is 21.7. The fourth-order valence-corrected chi connectivity index (χ4v) is 5.46. The van der Waals surface area contributed by atoms with Gasteiger partial charge in [-0.15, -0.1) is 5.10 Å². The number of anilines is 2. The summed E-state index contributed by atoms with van der Waals surface area (Å²) in [6, 6.07) is 9.88. The number of aromatic nitrogens is 6. The van der Waals surface area contributed by atoms with Crippen LogP contribution in [0.15, 0.2) is 43.0 Å². The number of hydrogen-bond acceptors (Lipinski definition) is 8. The number of benzene rings is 1. The summed E-state index contributed by atoms with van der Waals surface area (Å²) in [7, 11) is 0. The van der Waals surface area contributed by atoms with E-state index in [1.807, 2.05) is 25.1 Å². The summed E-state index contributed by atoms with van der Waals surface area (Å²) in [5.74, 6) is 1.57. The normalized spacial score (nSPS) is 21.0. The van der Waals surface area contributed by atoms with Crippen LogP contribution in [0.2, 0.25) is 0 Å². The van der Waals surface area contributed by atoms with Gasteiger partial charge in [0.15, 0.2) is 0 Å². The van der Waals surface area contributed by atoms with Crippen molar-refractivity contribution in [1.29, 1.82) is 5.26 Å². The van der Waals surface area contributed by atoms with E-state index < -0.39 is 0 Å². The molecule has 1 unspecified atom stereocenters.